The van der Waals surface area contributed by atoms with Crippen molar-refractivity contribution in [2.45, 2.75) is 158 Å². The third-order valence-corrected chi connectivity index (χ3v) is 17.5. The van der Waals surface area contributed by atoms with Gasteiger partial charge in [0.2, 0.25) is 65.0 Å². The number of carboxylic acids is 2. The molecule has 0 saturated carbocycles. The van der Waals surface area contributed by atoms with Crippen LogP contribution < -0.4 is 59.3 Å². The van der Waals surface area contributed by atoms with Crippen LogP contribution in [0.3, 0.4) is 0 Å². The maximum Gasteiger partial charge on any atom is 0.326 e. The lowest BCUT2D eigenvalue weighted by atomic mass is 9.96. The second-order valence-corrected chi connectivity index (χ2v) is 25.6. The highest BCUT2D eigenvalue weighted by Crippen LogP contribution is 2.24. The van der Waals surface area contributed by atoms with E-state index in [0.717, 1.165) is 15.8 Å². The maximum atomic E-state index is 14.4. The molecule has 99 heavy (non-hydrogen) atoms. The minimum Gasteiger partial charge on any atom is -0.508 e. The third kappa shape index (κ3) is 22.9. The van der Waals surface area contributed by atoms with Crippen molar-refractivity contribution in [3.05, 3.63) is 102 Å². The summed E-state index contributed by atoms with van der Waals surface area (Å²) in [6.07, 6.45) is -0.0409. The van der Waals surface area contributed by atoms with E-state index in [1.807, 2.05) is 24.3 Å². The van der Waals surface area contributed by atoms with Gasteiger partial charge in [0.25, 0.3) is 0 Å². The summed E-state index contributed by atoms with van der Waals surface area (Å²) in [5.41, 5.74) is 14.7. The quantitative estimate of drug-likeness (QED) is 0.0207. The average Bonchev–Trinajstić information content (AvgIpc) is 1.71. The third-order valence-electron chi connectivity index (χ3n) is 16.8. The lowest BCUT2D eigenvalue weighted by Crippen LogP contribution is -2.61. The Kier molecular flexibility index (Phi) is 29.5. The molecule has 12 atom stereocenters. The fourth-order valence-electron chi connectivity index (χ4n) is 11.2. The standard InChI is InChI=1S/C66H88N14O17S2/c1-5-34(4)56(64(94)74-46(66(96)97)18-20-53(68)83)79-61(91)49(25-37-28-70-44-13-9-7-11-41(37)44)75-62(92)50(31-98)77-60(90)47(22-33(2)3)72-54(84)29-71-58(88)48(23-35-14-16-38(81)17-15-35)76-63(93)52-26-39(82)30-80(52)65(95)51(32-99)78-59(89)45(19-21-55(85)86)73-57(87)42(67)24-36-27-69-43-12-8-6-10-40(36)43/h6-17,27-28,33-34,39,42,45-52,56,69-70,81-82,98-99H,5,18-26,29-32,67H2,1-4H3,(H2,68,83)(H,71,88)(H,72,84)(H,73,87)(H,74,94)(H,75,92)(H,76,93)(H,77,90)(H,78,89)(H,79,91)(H,85,86)(H,96,97)/t34-,39+,42-,45+,46-,47-,48-,49-,50-,51-,52-,56-/m0/s1. The minimum absolute atomic E-state index is 0.00815. The van der Waals surface area contributed by atoms with Gasteiger partial charge in [-0.05, 0) is 78.5 Å². The molecule has 3 aromatic carbocycles. The average molecular weight is 1410 g/mol. The number of amides is 11. The van der Waals surface area contributed by atoms with Crippen LogP contribution in [0.15, 0.2) is 85.2 Å². The highest BCUT2D eigenvalue weighted by molar-refractivity contribution is 7.80. The largest absolute Gasteiger partial charge is 0.508 e. The number of benzene rings is 3. The number of rotatable bonds is 38. The van der Waals surface area contributed by atoms with Crippen LogP contribution in [0.4, 0.5) is 0 Å². The number of hydrogen-bond acceptors (Lipinski definition) is 18. The number of aromatic nitrogens is 2. The lowest BCUT2D eigenvalue weighted by Gasteiger charge is -2.30. The molecule has 6 rings (SSSR count). The predicted octanol–water partition coefficient (Wildman–Crippen LogP) is -1.17. The van der Waals surface area contributed by atoms with E-state index in [0.29, 0.717) is 34.0 Å². The number of thiol groups is 2. The van der Waals surface area contributed by atoms with Gasteiger partial charge in [0, 0.05) is 84.4 Å². The summed E-state index contributed by atoms with van der Waals surface area (Å²) in [4.78, 5) is 183. The molecular weight excluding hydrogens is 1320 g/mol. The summed E-state index contributed by atoms with van der Waals surface area (Å²) in [6, 6.07) is 5.66. The number of likely N-dealkylation sites (tertiary alicyclic amines) is 1. The van der Waals surface area contributed by atoms with E-state index in [1.54, 1.807) is 64.4 Å². The second kappa shape index (κ2) is 37.3. The maximum absolute atomic E-state index is 14.4. The summed E-state index contributed by atoms with van der Waals surface area (Å²) < 4.78 is 0. The van der Waals surface area contributed by atoms with Crippen LogP contribution in [0.25, 0.3) is 21.8 Å². The van der Waals surface area contributed by atoms with Gasteiger partial charge in [-0.25, -0.2) is 4.79 Å². The number of aromatic amines is 2. The molecule has 0 bridgehead atoms. The van der Waals surface area contributed by atoms with Crippen LogP contribution in [-0.4, -0.2) is 203 Å². The summed E-state index contributed by atoms with van der Waals surface area (Å²) >= 11 is 8.62. The van der Waals surface area contributed by atoms with Crippen LogP contribution in [0.1, 0.15) is 89.3 Å². The number of nitrogens with two attached hydrogens (primary N) is 2. The number of carbonyl (C=O) groups is 13. The van der Waals surface area contributed by atoms with Gasteiger partial charge in [-0.2, -0.15) is 25.3 Å². The molecule has 1 saturated heterocycles. The molecule has 11 amide bonds. The van der Waals surface area contributed by atoms with Crippen molar-refractivity contribution in [2.75, 3.05) is 24.6 Å². The number of carboxylic acid groups (broad SMARTS) is 2. The van der Waals surface area contributed by atoms with Crippen molar-refractivity contribution in [3.63, 3.8) is 0 Å². The van der Waals surface area contributed by atoms with Crippen LogP contribution in [0.5, 0.6) is 5.75 Å². The summed E-state index contributed by atoms with van der Waals surface area (Å²) in [5.74, 6) is -14.2. The molecule has 19 N–H and O–H groups in total. The first-order valence-corrected chi connectivity index (χ1v) is 33.5. The SMILES string of the molecule is CC[C@H](C)[C@H](NC(=O)[C@H](Cc1c[nH]c2ccccc12)NC(=O)[C@H](CS)NC(=O)[C@H](CC(C)C)NC(=O)CNC(=O)[C@H](Cc1ccc(O)cc1)NC(=O)[C@@H]1C[C@@H](O)CN1C(=O)[C@H](CS)NC(=O)[C@@H](CCC(=O)O)NC(=O)[C@@H](N)Cc1c[nH]c2ccccc12)C(=O)N[C@@H](CCC(N)=O)C(=O)O. The van der Waals surface area contributed by atoms with Gasteiger partial charge in [0.1, 0.15) is 60.1 Å². The van der Waals surface area contributed by atoms with Crippen LogP contribution in [-0.2, 0) is 81.6 Å². The topological polar surface area (TPSA) is 498 Å². The Morgan fingerprint density at radius 3 is 1.70 bits per heavy atom. The first-order valence-electron chi connectivity index (χ1n) is 32.3. The zero-order valence-corrected chi connectivity index (χ0v) is 56.9. The van der Waals surface area contributed by atoms with E-state index < -0.39 is 175 Å². The Balaban J connectivity index is 1.13. The number of hydrogen-bond donors (Lipinski definition) is 19. The molecule has 1 aliphatic heterocycles. The highest BCUT2D eigenvalue weighted by Gasteiger charge is 2.43. The number of para-hydroxylation sites is 2. The second-order valence-electron chi connectivity index (χ2n) is 24.8. The van der Waals surface area contributed by atoms with Crippen LogP contribution in [0.2, 0.25) is 0 Å². The number of aliphatic hydroxyl groups is 1. The Morgan fingerprint density at radius 2 is 1.12 bits per heavy atom. The number of nitrogens with one attached hydrogen (secondary N) is 11. The number of aliphatic carboxylic acids is 2. The molecule has 5 aromatic rings. The number of H-pyrrole nitrogens is 2. The molecule has 0 unspecified atom stereocenters. The molecule has 0 spiro atoms. The van der Waals surface area contributed by atoms with Gasteiger partial charge in [0.05, 0.1) is 18.7 Å². The number of β-amino-alcohol motifs (C(OH)–C–C–N with tert-alkyl or cyclic N) is 1. The molecule has 33 heteroatoms. The number of carbonyl (C=O) groups excluding carboxylic acids is 11. The van der Waals surface area contributed by atoms with Crippen molar-refractivity contribution in [2.24, 2.45) is 23.3 Å². The molecule has 31 nitrogen and oxygen atoms in total. The van der Waals surface area contributed by atoms with E-state index in [9.17, 15) is 82.8 Å². The first-order chi connectivity index (χ1) is 47.0. The molecule has 1 fully saturated rings. The summed E-state index contributed by atoms with van der Waals surface area (Å²) in [6.45, 7) is 5.66. The van der Waals surface area contributed by atoms with E-state index in [1.165, 1.54) is 24.3 Å². The lowest BCUT2D eigenvalue weighted by molar-refractivity contribution is -0.143. The highest BCUT2D eigenvalue weighted by atomic mass is 32.1. The van der Waals surface area contributed by atoms with Gasteiger partial charge in [-0.15, -0.1) is 0 Å². The number of phenolic OH excluding ortho intramolecular Hbond substituents is 1. The van der Waals surface area contributed by atoms with Crippen molar-refractivity contribution in [1.82, 2.24) is 62.7 Å². The van der Waals surface area contributed by atoms with Crippen molar-refractivity contribution >= 4 is 124 Å². The van der Waals surface area contributed by atoms with Gasteiger partial charge in [-0.1, -0.05) is 82.6 Å². The molecule has 0 aliphatic carbocycles. The minimum atomic E-state index is -1.53. The van der Waals surface area contributed by atoms with E-state index >= 15 is 0 Å². The Morgan fingerprint density at radius 1 is 0.596 bits per heavy atom. The molecule has 2 aromatic heterocycles. The fraction of sp³-hybridized carbons (Fsp3) is 0.470. The monoisotopic (exact) mass is 1410 g/mol. The number of phenols is 1. The van der Waals surface area contributed by atoms with Crippen LogP contribution >= 0.6 is 25.3 Å². The van der Waals surface area contributed by atoms with E-state index in [-0.39, 0.29) is 68.1 Å². The molecule has 3 heterocycles. The Bertz CT molecular complexity index is 3720. The molecular formula is C66H88N14O17S2. The molecule has 0 radical (unpaired) electrons. The Hall–Kier alpha value is -9.73. The smallest absolute Gasteiger partial charge is 0.326 e. The fourth-order valence-corrected chi connectivity index (χ4v) is 11.7. The number of primary amides is 1. The predicted molar refractivity (Wildman–Crippen MR) is 368 cm³/mol. The number of fused-ring (bicyclic) bond motifs is 2. The van der Waals surface area contributed by atoms with E-state index in [4.69, 9.17) is 11.5 Å². The normalized spacial score (nSPS) is 16.6. The summed E-state index contributed by atoms with van der Waals surface area (Å²) in [7, 11) is 0. The first kappa shape index (κ1) is 78.3. The van der Waals surface area contributed by atoms with Gasteiger partial charge >= 0.3 is 11.9 Å². The zero-order valence-electron chi connectivity index (χ0n) is 55.1. The van der Waals surface area contributed by atoms with Gasteiger partial charge < -0.3 is 94.6 Å². The number of nitrogens with zero attached hydrogens (tertiary/aromatic N) is 1. The van der Waals surface area contributed by atoms with Crippen molar-refractivity contribution < 1.29 is 82.8 Å². The van der Waals surface area contributed by atoms with Crippen molar-refractivity contribution in [1.29, 1.82) is 0 Å². The van der Waals surface area contributed by atoms with Crippen molar-refractivity contribution in [3.8, 4) is 5.75 Å². The summed E-state index contributed by atoms with van der Waals surface area (Å²) in [5, 5.41) is 64.7. The van der Waals surface area contributed by atoms with Gasteiger partial charge in [0.15, 0.2) is 0 Å². The van der Waals surface area contributed by atoms with Crippen LogP contribution in [0, 0.1) is 11.8 Å². The zero-order chi connectivity index (χ0) is 72.8. The molecule has 1 aliphatic rings. The number of aliphatic hydroxyl groups excluding tert-OH is 1. The van der Waals surface area contributed by atoms with E-state index in [2.05, 4.69) is 83.1 Å². The number of aromatic hydroxyl groups is 1. The Labute approximate surface area is 580 Å². The molecule has 536 valence electrons. The van der Waals surface area contributed by atoms with Gasteiger partial charge in [-0.3, -0.25) is 57.5 Å².